The number of rotatable bonds is 6. The Morgan fingerprint density at radius 3 is 1.89 bits per heavy atom. The fourth-order valence-electron chi connectivity index (χ4n) is 5.95. The minimum Gasteiger partial charge on any atom is -0.455 e. The Hall–Kier alpha value is -5.94. The number of fused-ring (bicyclic) bond motifs is 3. The van der Waals surface area contributed by atoms with Crippen molar-refractivity contribution >= 4 is 21.9 Å². The van der Waals surface area contributed by atoms with Gasteiger partial charge in [-0.3, -0.25) is 4.98 Å². The first kappa shape index (κ1) is 26.7. The molecule has 45 heavy (non-hydrogen) atoms. The zero-order valence-electron chi connectivity index (χ0n) is 24.7. The first-order valence-electron chi connectivity index (χ1n) is 15.1. The van der Waals surface area contributed by atoms with Crippen LogP contribution in [-0.2, 0) is 6.42 Å². The van der Waals surface area contributed by atoms with Crippen molar-refractivity contribution in [3.05, 3.63) is 145 Å². The quantitative estimate of drug-likeness (QED) is 0.196. The van der Waals surface area contributed by atoms with Crippen LogP contribution < -0.4 is 0 Å². The first-order valence-corrected chi connectivity index (χ1v) is 15.1. The third-order valence-electron chi connectivity index (χ3n) is 8.21. The van der Waals surface area contributed by atoms with Crippen LogP contribution >= 0.6 is 0 Å². The summed E-state index contributed by atoms with van der Waals surface area (Å²) in [7, 11) is 0. The van der Waals surface area contributed by atoms with E-state index in [0.29, 0.717) is 17.5 Å². The smallest absolute Gasteiger partial charge is 0.167 e. The SMILES string of the molecule is CCc1cnccc1-c1cccc(-c2cc(-c3nc(-c4ccccc4)nc(-c4ccccc4)n3)c3oc4ccccc4c3c2)c1. The topological polar surface area (TPSA) is 64.7 Å². The van der Waals surface area contributed by atoms with E-state index in [1.54, 1.807) is 0 Å². The van der Waals surface area contributed by atoms with Crippen molar-refractivity contribution in [2.45, 2.75) is 13.3 Å². The van der Waals surface area contributed by atoms with Gasteiger partial charge in [-0.2, -0.15) is 0 Å². The van der Waals surface area contributed by atoms with Crippen molar-refractivity contribution in [2.24, 2.45) is 0 Å². The highest BCUT2D eigenvalue weighted by Gasteiger charge is 2.20. The van der Waals surface area contributed by atoms with Gasteiger partial charge in [0.25, 0.3) is 0 Å². The molecule has 3 aromatic heterocycles. The lowest BCUT2D eigenvalue weighted by Crippen LogP contribution is -2.00. The normalized spacial score (nSPS) is 11.3. The Labute approximate surface area is 260 Å². The van der Waals surface area contributed by atoms with Crippen molar-refractivity contribution in [2.75, 3.05) is 0 Å². The van der Waals surface area contributed by atoms with Gasteiger partial charge in [-0.15, -0.1) is 0 Å². The average Bonchev–Trinajstić information content (AvgIpc) is 3.50. The summed E-state index contributed by atoms with van der Waals surface area (Å²) in [4.78, 5) is 19.4. The van der Waals surface area contributed by atoms with E-state index >= 15 is 0 Å². The lowest BCUT2D eigenvalue weighted by atomic mass is 9.94. The minimum absolute atomic E-state index is 0.562. The molecule has 5 nitrogen and oxygen atoms in total. The van der Waals surface area contributed by atoms with E-state index in [1.807, 2.05) is 91.3 Å². The number of hydrogen-bond acceptors (Lipinski definition) is 5. The molecule has 0 spiro atoms. The number of aromatic nitrogens is 4. The largest absolute Gasteiger partial charge is 0.455 e. The van der Waals surface area contributed by atoms with E-state index in [1.165, 1.54) is 11.1 Å². The lowest BCUT2D eigenvalue weighted by molar-refractivity contribution is 0.669. The molecule has 0 saturated heterocycles. The molecule has 0 atom stereocenters. The third kappa shape index (κ3) is 4.94. The number of para-hydroxylation sites is 1. The molecule has 5 aromatic carbocycles. The summed E-state index contributed by atoms with van der Waals surface area (Å²) in [6.07, 6.45) is 4.73. The molecule has 0 saturated carbocycles. The van der Waals surface area contributed by atoms with Gasteiger partial charge in [0, 0.05) is 34.3 Å². The fraction of sp³-hybridized carbons (Fsp3) is 0.0500. The highest BCUT2D eigenvalue weighted by atomic mass is 16.3. The van der Waals surface area contributed by atoms with E-state index in [9.17, 15) is 0 Å². The molecule has 0 aliphatic carbocycles. The summed E-state index contributed by atoms with van der Waals surface area (Å²) < 4.78 is 6.54. The molecular formula is C40H28N4O. The van der Waals surface area contributed by atoms with Crippen molar-refractivity contribution in [3.8, 4) is 56.4 Å². The Bertz CT molecular complexity index is 2250. The Morgan fingerprint density at radius 1 is 0.511 bits per heavy atom. The summed E-state index contributed by atoms with van der Waals surface area (Å²) >= 11 is 0. The zero-order chi connectivity index (χ0) is 30.2. The number of nitrogens with zero attached hydrogens (tertiary/aromatic N) is 4. The maximum Gasteiger partial charge on any atom is 0.167 e. The second-order valence-electron chi connectivity index (χ2n) is 11.0. The molecule has 8 aromatic rings. The molecule has 0 aliphatic rings. The maximum absolute atomic E-state index is 6.54. The molecule has 0 radical (unpaired) electrons. The van der Waals surface area contributed by atoms with E-state index < -0.39 is 0 Å². The fourth-order valence-corrected chi connectivity index (χ4v) is 5.95. The van der Waals surface area contributed by atoms with Gasteiger partial charge in [0.05, 0.1) is 5.56 Å². The van der Waals surface area contributed by atoms with Crippen LogP contribution in [0.25, 0.3) is 78.4 Å². The van der Waals surface area contributed by atoms with Crippen LogP contribution in [-0.4, -0.2) is 19.9 Å². The Balaban J connectivity index is 1.39. The van der Waals surface area contributed by atoms with Crippen LogP contribution in [0.3, 0.4) is 0 Å². The molecule has 5 heteroatoms. The summed E-state index contributed by atoms with van der Waals surface area (Å²) in [5, 5.41) is 2.07. The van der Waals surface area contributed by atoms with Crippen LogP contribution in [0.4, 0.5) is 0 Å². The standard InChI is InChI=1S/C40H28N4O/c1-2-26-25-41-21-20-32(26)30-17-11-16-29(22-30)31-23-34-33-18-9-10-19-36(33)45-37(34)35(24-31)40-43-38(27-12-5-3-6-13-27)42-39(44-40)28-14-7-4-8-15-28/h3-25H,2H2,1H3. The van der Waals surface area contributed by atoms with Crippen LogP contribution in [0.5, 0.6) is 0 Å². The maximum atomic E-state index is 6.54. The molecule has 0 amide bonds. The molecule has 0 N–H and O–H groups in total. The molecule has 0 aliphatic heterocycles. The number of pyridine rings is 1. The molecule has 0 unspecified atom stereocenters. The number of aryl methyl sites for hydroxylation is 1. The number of hydrogen-bond donors (Lipinski definition) is 0. The van der Waals surface area contributed by atoms with Crippen LogP contribution in [0.15, 0.2) is 144 Å². The second kappa shape index (κ2) is 11.3. The molecule has 8 rings (SSSR count). The van der Waals surface area contributed by atoms with Gasteiger partial charge in [-0.25, -0.2) is 15.0 Å². The first-order chi connectivity index (χ1) is 22.2. The Kier molecular flexibility index (Phi) is 6.69. The number of benzene rings is 5. The van der Waals surface area contributed by atoms with E-state index in [0.717, 1.165) is 61.7 Å². The summed E-state index contributed by atoms with van der Waals surface area (Å²) in [5.41, 5.74) is 9.97. The van der Waals surface area contributed by atoms with E-state index in [4.69, 9.17) is 19.4 Å². The van der Waals surface area contributed by atoms with E-state index in [-0.39, 0.29) is 0 Å². The molecular weight excluding hydrogens is 552 g/mol. The average molecular weight is 581 g/mol. The molecule has 0 fully saturated rings. The van der Waals surface area contributed by atoms with Gasteiger partial charge >= 0.3 is 0 Å². The zero-order valence-corrected chi connectivity index (χ0v) is 24.7. The van der Waals surface area contributed by atoms with Crippen LogP contribution in [0.2, 0.25) is 0 Å². The van der Waals surface area contributed by atoms with Gasteiger partial charge < -0.3 is 4.42 Å². The summed E-state index contributed by atoms with van der Waals surface area (Å²) in [6.45, 7) is 2.16. The minimum atomic E-state index is 0.562. The predicted octanol–water partition coefficient (Wildman–Crippen LogP) is 10.1. The van der Waals surface area contributed by atoms with Crippen molar-refractivity contribution in [3.63, 3.8) is 0 Å². The van der Waals surface area contributed by atoms with Crippen molar-refractivity contribution in [1.82, 2.24) is 19.9 Å². The highest BCUT2D eigenvalue weighted by Crippen LogP contribution is 2.40. The van der Waals surface area contributed by atoms with E-state index in [2.05, 4.69) is 60.4 Å². The second-order valence-corrected chi connectivity index (χ2v) is 11.0. The summed E-state index contributed by atoms with van der Waals surface area (Å²) in [5.74, 6) is 1.79. The van der Waals surface area contributed by atoms with Crippen molar-refractivity contribution < 1.29 is 4.42 Å². The Morgan fingerprint density at radius 2 is 1.16 bits per heavy atom. The van der Waals surface area contributed by atoms with Crippen LogP contribution in [0, 0.1) is 0 Å². The van der Waals surface area contributed by atoms with Gasteiger partial charge in [0.2, 0.25) is 0 Å². The monoisotopic (exact) mass is 580 g/mol. The third-order valence-corrected chi connectivity index (χ3v) is 8.21. The molecule has 0 bridgehead atoms. The van der Waals surface area contributed by atoms with Gasteiger partial charge in [-0.05, 0) is 64.6 Å². The predicted molar refractivity (Wildman–Crippen MR) is 181 cm³/mol. The summed E-state index contributed by atoms with van der Waals surface area (Å²) in [6, 6.07) is 43.4. The molecule has 3 heterocycles. The molecule has 214 valence electrons. The van der Waals surface area contributed by atoms with Gasteiger partial charge in [-0.1, -0.05) is 104 Å². The lowest BCUT2D eigenvalue weighted by Gasteiger charge is -2.12. The highest BCUT2D eigenvalue weighted by molar-refractivity contribution is 6.11. The van der Waals surface area contributed by atoms with Crippen molar-refractivity contribution in [1.29, 1.82) is 0 Å². The van der Waals surface area contributed by atoms with Gasteiger partial charge in [0.15, 0.2) is 17.5 Å². The number of furan rings is 1. The van der Waals surface area contributed by atoms with Gasteiger partial charge in [0.1, 0.15) is 11.2 Å². The van der Waals surface area contributed by atoms with Crippen LogP contribution in [0.1, 0.15) is 12.5 Å².